The molecule has 2 aromatic rings. The number of hydrogen-bond acceptors (Lipinski definition) is 5. The summed E-state index contributed by atoms with van der Waals surface area (Å²) in [6.45, 7) is 4.11. The summed E-state index contributed by atoms with van der Waals surface area (Å²) < 4.78 is 16.0. The smallest absolute Gasteiger partial charge is 0.363 e. The molecule has 26 heavy (non-hydrogen) atoms. The van der Waals surface area contributed by atoms with Crippen LogP contribution >= 0.6 is 0 Å². The number of carbonyl (C=O) groups excluding carboxylic acids is 1. The maximum absolute atomic E-state index is 12.1. The van der Waals surface area contributed by atoms with Crippen molar-refractivity contribution >= 4 is 17.9 Å². The van der Waals surface area contributed by atoms with E-state index in [-0.39, 0.29) is 12.5 Å². The van der Waals surface area contributed by atoms with Crippen LogP contribution in [-0.2, 0) is 9.53 Å². The van der Waals surface area contributed by atoms with Crippen molar-refractivity contribution in [1.29, 1.82) is 0 Å². The molecule has 130 valence electrons. The summed E-state index contributed by atoms with van der Waals surface area (Å²) in [5.74, 6) is 1.36. The molecular weight excluding hydrogens is 330 g/mol. The zero-order valence-corrected chi connectivity index (χ0v) is 14.5. The van der Waals surface area contributed by atoms with E-state index in [4.69, 9.17) is 14.2 Å². The largest absolute Gasteiger partial charge is 0.454 e. The summed E-state index contributed by atoms with van der Waals surface area (Å²) in [7, 11) is 0. The van der Waals surface area contributed by atoms with Crippen LogP contribution in [0, 0.1) is 6.92 Å². The predicted molar refractivity (Wildman–Crippen MR) is 98.1 cm³/mol. The quantitative estimate of drug-likeness (QED) is 0.622. The van der Waals surface area contributed by atoms with Crippen LogP contribution in [0.15, 0.2) is 64.8 Å². The van der Waals surface area contributed by atoms with E-state index >= 15 is 0 Å². The highest BCUT2D eigenvalue weighted by Gasteiger charge is 2.24. The summed E-state index contributed by atoms with van der Waals surface area (Å²) in [6, 6.07) is 13.4. The second-order valence-corrected chi connectivity index (χ2v) is 6.15. The van der Waals surface area contributed by atoms with E-state index in [0.29, 0.717) is 5.90 Å². The molecule has 2 heterocycles. The van der Waals surface area contributed by atoms with Crippen molar-refractivity contribution in [3.05, 3.63) is 76.5 Å². The van der Waals surface area contributed by atoms with Gasteiger partial charge in [-0.05, 0) is 54.8 Å². The Bertz CT molecular complexity index is 985. The predicted octanol–water partition coefficient (Wildman–Crippen LogP) is 4.01. The van der Waals surface area contributed by atoms with Crippen LogP contribution in [0.3, 0.4) is 0 Å². The minimum atomic E-state index is -0.443. The van der Waals surface area contributed by atoms with Crippen molar-refractivity contribution < 1.29 is 19.0 Å². The lowest BCUT2D eigenvalue weighted by Gasteiger charge is -2.02. The van der Waals surface area contributed by atoms with Crippen LogP contribution in [-0.4, -0.2) is 18.7 Å². The third-order valence-corrected chi connectivity index (χ3v) is 4.15. The molecule has 0 aromatic heterocycles. The molecule has 2 aromatic carbocycles. The fraction of sp³-hybridized carbons (Fsp3) is 0.143. The number of ether oxygens (including phenoxy) is 3. The van der Waals surface area contributed by atoms with E-state index in [2.05, 4.69) is 4.99 Å². The average Bonchev–Trinajstić information content (AvgIpc) is 3.22. The lowest BCUT2D eigenvalue weighted by atomic mass is 10.1. The Balaban J connectivity index is 1.61. The van der Waals surface area contributed by atoms with Gasteiger partial charge >= 0.3 is 5.97 Å². The molecule has 5 nitrogen and oxygen atoms in total. The second kappa shape index (κ2) is 6.52. The molecule has 0 unspecified atom stereocenters. The van der Waals surface area contributed by atoms with Gasteiger partial charge in [-0.2, -0.15) is 0 Å². The van der Waals surface area contributed by atoms with E-state index in [1.165, 1.54) is 0 Å². The third-order valence-electron chi connectivity index (χ3n) is 4.15. The number of carbonyl (C=O) groups is 1. The van der Waals surface area contributed by atoms with Crippen molar-refractivity contribution in [2.75, 3.05) is 6.79 Å². The van der Waals surface area contributed by atoms with Crippen LogP contribution < -0.4 is 9.47 Å². The normalized spacial score (nSPS) is 17.5. The molecule has 0 N–H and O–H groups in total. The molecular formula is C21H17NO4. The monoisotopic (exact) mass is 347 g/mol. The van der Waals surface area contributed by atoms with E-state index < -0.39 is 5.97 Å². The number of aryl methyl sites for hydroxylation is 1. The Kier molecular flexibility index (Phi) is 4.05. The fourth-order valence-corrected chi connectivity index (χ4v) is 2.86. The zero-order chi connectivity index (χ0) is 18.1. The summed E-state index contributed by atoms with van der Waals surface area (Å²) in [4.78, 5) is 16.5. The van der Waals surface area contributed by atoms with Gasteiger partial charge in [-0.3, -0.25) is 0 Å². The Morgan fingerprint density at radius 2 is 1.92 bits per heavy atom. The molecule has 0 spiro atoms. The van der Waals surface area contributed by atoms with Gasteiger partial charge in [0.1, 0.15) is 0 Å². The van der Waals surface area contributed by atoms with Crippen LogP contribution in [0.4, 0.5) is 0 Å². The van der Waals surface area contributed by atoms with Gasteiger partial charge in [-0.25, -0.2) is 9.79 Å². The number of esters is 1. The van der Waals surface area contributed by atoms with Crippen LogP contribution in [0.2, 0.25) is 0 Å². The molecule has 0 atom stereocenters. The molecule has 5 heteroatoms. The van der Waals surface area contributed by atoms with Gasteiger partial charge in [-0.1, -0.05) is 30.3 Å². The van der Waals surface area contributed by atoms with Crippen molar-refractivity contribution in [2.24, 2.45) is 4.99 Å². The van der Waals surface area contributed by atoms with Gasteiger partial charge in [0, 0.05) is 5.56 Å². The second-order valence-electron chi connectivity index (χ2n) is 6.15. The number of rotatable bonds is 3. The molecule has 0 radical (unpaired) electrons. The lowest BCUT2D eigenvalue weighted by molar-refractivity contribution is -0.130. The van der Waals surface area contributed by atoms with Gasteiger partial charge < -0.3 is 14.2 Å². The van der Waals surface area contributed by atoms with Crippen LogP contribution in [0.1, 0.15) is 23.6 Å². The highest BCUT2D eigenvalue weighted by atomic mass is 16.7. The highest BCUT2D eigenvalue weighted by Crippen LogP contribution is 2.33. The maximum Gasteiger partial charge on any atom is 0.363 e. The van der Waals surface area contributed by atoms with Crippen molar-refractivity contribution in [1.82, 2.24) is 0 Å². The average molecular weight is 347 g/mol. The Morgan fingerprint density at radius 1 is 1.12 bits per heavy atom. The minimum absolute atomic E-state index is 0.244. The van der Waals surface area contributed by atoms with Crippen molar-refractivity contribution in [3.8, 4) is 11.5 Å². The molecule has 0 saturated carbocycles. The zero-order valence-electron chi connectivity index (χ0n) is 14.5. The number of fused-ring (bicyclic) bond motifs is 1. The molecule has 2 aliphatic heterocycles. The summed E-state index contributed by atoms with van der Waals surface area (Å²) in [6.07, 6.45) is 3.67. The van der Waals surface area contributed by atoms with Crippen molar-refractivity contribution in [3.63, 3.8) is 0 Å². The number of allylic oxidation sites excluding steroid dienone is 2. The van der Waals surface area contributed by atoms with Crippen LogP contribution in [0.5, 0.6) is 11.5 Å². The number of hydrogen-bond donors (Lipinski definition) is 0. The summed E-state index contributed by atoms with van der Waals surface area (Å²) in [5.41, 5.74) is 3.95. The van der Waals surface area contributed by atoms with E-state index in [1.807, 2.05) is 62.4 Å². The highest BCUT2D eigenvalue weighted by molar-refractivity contribution is 6.11. The van der Waals surface area contributed by atoms with Gasteiger partial charge in [0.2, 0.25) is 12.7 Å². The summed E-state index contributed by atoms with van der Waals surface area (Å²) in [5, 5.41) is 0. The first-order valence-corrected chi connectivity index (χ1v) is 8.27. The van der Waals surface area contributed by atoms with Gasteiger partial charge in [0.15, 0.2) is 17.2 Å². The van der Waals surface area contributed by atoms with Gasteiger partial charge in [0.25, 0.3) is 0 Å². The first kappa shape index (κ1) is 16.1. The maximum atomic E-state index is 12.1. The van der Waals surface area contributed by atoms with E-state index in [0.717, 1.165) is 33.8 Å². The number of nitrogens with zero attached hydrogens (tertiary/aromatic N) is 1. The lowest BCUT2D eigenvalue weighted by Crippen LogP contribution is -2.06. The van der Waals surface area contributed by atoms with Crippen molar-refractivity contribution in [2.45, 2.75) is 13.8 Å². The third kappa shape index (κ3) is 3.11. The van der Waals surface area contributed by atoms with E-state index in [9.17, 15) is 4.79 Å². The standard InChI is InChI=1S/C21H17NO4/c1-13(9-15-7-8-18-19(11-15)25-12-24-18)10-17-21(23)26-20(22-17)16-6-4-3-5-14(16)2/h3-11H,12H2,1-2H3/b13-9+,17-10-. The Morgan fingerprint density at radius 3 is 2.77 bits per heavy atom. The molecule has 0 fully saturated rings. The molecule has 4 rings (SSSR count). The number of benzene rings is 2. The molecule has 2 aliphatic rings. The molecule has 0 amide bonds. The number of cyclic esters (lactones) is 1. The SMILES string of the molecule is CC(/C=C1\N=C(c2ccccc2C)OC1=O)=C\c1ccc2c(c1)OCO2. The first-order valence-electron chi connectivity index (χ1n) is 8.27. The molecule has 0 saturated heterocycles. The summed E-state index contributed by atoms with van der Waals surface area (Å²) >= 11 is 0. The minimum Gasteiger partial charge on any atom is -0.454 e. The topological polar surface area (TPSA) is 57.1 Å². The van der Waals surface area contributed by atoms with Gasteiger partial charge in [-0.15, -0.1) is 0 Å². The fourth-order valence-electron chi connectivity index (χ4n) is 2.86. The Hall–Kier alpha value is -3.34. The van der Waals surface area contributed by atoms with Crippen LogP contribution in [0.25, 0.3) is 6.08 Å². The molecule has 0 bridgehead atoms. The molecule has 0 aliphatic carbocycles. The van der Waals surface area contributed by atoms with E-state index in [1.54, 1.807) is 6.08 Å². The number of aliphatic imine (C=N–C) groups is 1. The Labute approximate surface area is 151 Å². The first-order chi connectivity index (χ1) is 12.6. The van der Waals surface area contributed by atoms with Gasteiger partial charge in [0.05, 0.1) is 0 Å².